The van der Waals surface area contributed by atoms with Crippen LogP contribution in [-0.2, 0) is 6.61 Å². The predicted molar refractivity (Wildman–Crippen MR) is 89.6 cm³/mol. The van der Waals surface area contributed by atoms with Crippen LogP contribution in [0.2, 0.25) is 0 Å². The second-order valence-corrected chi connectivity index (χ2v) is 5.25. The van der Waals surface area contributed by atoms with Crippen LogP contribution < -0.4 is 10.5 Å². The Bertz CT molecular complexity index is 752. The quantitative estimate of drug-likeness (QED) is 0.732. The lowest BCUT2D eigenvalue weighted by Gasteiger charge is -2.10. The number of ether oxygens (including phenoxy) is 1. The number of rotatable bonds is 4. The normalized spacial score (nSPS) is 10.4. The number of aryl methyl sites for hydroxylation is 1. The fourth-order valence-corrected chi connectivity index (χ4v) is 2.25. The van der Waals surface area contributed by atoms with Gasteiger partial charge in [-0.05, 0) is 36.2 Å². The highest BCUT2D eigenvalue weighted by Crippen LogP contribution is 2.27. The molecule has 3 nitrogen and oxygen atoms in total. The molecule has 0 radical (unpaired) electrons. The van der Waals surface area contributed by atoms with Gasteiger partial charge in [-0.3, -0.25) is 4.98 Å². The Morgan fingerprint density at radius 3 is 2.50 bits per heavy atom. The van der Waals surface area contributed by atoms with Crippen molar-refractivity contribution in [3.63, 3.8) is 0 Å². The Balaban J connectivity index is 1.82. The molecule has 3 rings (SSSR count). The first kappa shape index (κ1) is 14.1. The lowest BCUT2D eigenvalue weighted by molar-refractivity contribution is 0.306. The van der Waals surface area contributed by atoms with Crippen molar-refractivity contribution in [1.82, 2.24) is 4.98 Å². The van der Waals surface area contributed by atoms with Gasteiger partial charge >= 0.3 is 0 Å². The Kier molecular flexibility index (Phi) is 4.05. The Labute approximate surface area is 130 Å². The molecule has 3 heteroatoms. The zero-order valence-corrected chi connectivity index (χ0v) is 12.5. The monoisotopic (exact) mass is 290 g/mol. The van der Waals surface area contributed by atoms with E-state index in [1.165, 1.54) is 0 Å². The molecule has 0 fully saturated rings. The summed E-state index contributed by atoms with van der Waals surface area (Å²) in [6.07, 6.45) is 1.85. The maximum atomic E-state index is 6.00. The zero-order chi connectivity index (χ0) is 15.4. The minimum atomic E-state index is 0.524. The minimum absolute atomic E-state index is 0.524. The zero-order valence-electron chi connectivity index (χ0n) is 12.5. The summed E-state index contributed by atoms with van der Waals surface area (Å²) in [5.41, 5.74) is 10.8. The van der Waals surface area contributed by atoms with Crippen molar-refractivity contribution in [1.29, 1.82) is 0 Å². The van der Waals surface area contributed by atoms with Gasteiger partial charge in [0.1, 0.15) is 12.4 Å². The van der Waals surface area contributed by atoms with E-state index in [0.29, 0.717) is 12.3 Å². The van der Waals surface area contributed by atoms with E-state index < -0.39 is 0 Å². The van der Waals surface area contributed by atoms with Gasteiger partial charge in [-0.15, -0.1) is 0 Å². The number of anilines is 1. The van der Waals surface area contributed by atoms with E-state index in [4.69, 9.17) is 10.5 Å². The van der Waals surface area contributed by atoms with Crippen molar-refractivity contribution >= 4 is 5.69 Å². The number of benzene rings is 2. The Morgan fingerprint density at radius 2 is 1.77 bits per heavy atom. The van der Waals surface area contributed by atoms with Gasteiger partial charge < -0.3 is 10.5 Å². The Morgan fingerprint density at radius 1 is 0.955 bits per heavy atom. The Hall–Kier alpha value is -2.81. The average molecular weight is 290 g/mol. The van der Waals surface area contributed by atoms with Gasteiger partial charge in [0.05, 0.1) is 0 Å². The summed E-state index contributed by atoms with van der Waals surface area (Å²) in [7, 11) is 0. The van der Waals surface area contributed by atoms with Crippen LogP contribution in [0.3, 0.4) is 0 Å². The summed E-state index contributed by atoms with van der Waals surface area (Å²) in [6, 6.07) is 19.9. The van der Waals surface area contributed by atoms with Gasteiger partial charge in [0, 0.05) is 29.2 Å². The lowest BCUT2D eigenvalue weighted by atomic mass is 10.1. The van der Waals surface area contributed by atoms with Gasteiger partial charge in [-0.1, -0.05) is 36.4 Å². The first-order valence-corrected chi connectivity index (χ1v) is 7.21. The van der Waals surface area contributed by atoms with Gasteiger partial charge in [0.2, 0.25) is 0 Å². The van der Waals surface area contributed by atoms with Crippen LogP contribution in [0.1, 0.15) is 11.3 Å². The molecule has 3 aromatic rings. The van der Waals surface area contributed by atoms with E-state index in [0.717, 1.165) is 28.1 Å². The molecule has 0 bridgehead atoms. The van der Waals surface area contributed by atoms with Gasteiger partial charge in [0.15, 0.2) is 0 Å². The highest BCUT2D eigenvalue weighted by Gasteiger charge is 2.04. The molecule has 1 heterocycles. The van der Waals surface area contributed by atoms with E-state index in [1.54, 1.807) is 0 Å². The van der Waals surface area contributed by atoms with Crippen LogP contribution in [0, 0.1) is 6.92 Å². The molecule has 0 saturated heterocycles. The van der Waals surface area contributed by atoms with Crippen molar-refractivity contribution in [2.24, 2.45) is 0 Å². The molecule has 0 saturated carbocycles. The SMILES string of the molecule is Cc1ccc(-c2cc(N)cc(OCc3ccccc3)c2)cn1. The molecule has 0 atom stereocenters. The molecule has 2 aromatic carbocycles. The molecular weight excluding hydrogens is 272 g/mol. The van der Waals surface area contributed by atoms with E-state index in [9.17, 15) is 0 Å². The van der Waals surface area contributed by atoms with Crippen LogP contribution in [0.15, 0.2) is 66.9 Å². The summed E-state index contributed by atoms with van der Waals surface area (Å²) in [5.74, 6) is 0.763. The highest BCUT2D eigenvalue weighted by atomic mass is 16.5. The summed E-state index contributed by atoms with van der Waals surface area (Å²) in [6.45, 7) is 2.49. The van der Waals surface area contributed by atoms with Crippen LogP contribution >= 0.6 is 0 Å². The fourth-order valence-electron chi connectivity index (χ4n) is 2.25. The summed E-state index contributed by atoms with van der Waals surface area (Å²) >= 11 is 0. The molecule has 110 valence electrons. The molecule has 0 spiro atoms. The first-order chi connectivity index (χ1) is 10.7. The molecule has 0 aliphatic heterocycles. The predicted octanol–water partition coefficient (Wildman–Crippen LogP) is 4.22. The smallest absolute Gasteiger partial charge is 0.122 e. The van der Waals surface area contributed by atoms with Crippen molar-refractivity contribution in [3.8, 4) is 16.9 Å². The number of nitrogens with zero attached hydrogens (tertiary/aromatic N) is 1. The van der Waals surface area contributed by atoms with Gasteiger partial charge in [-0.2, -0.15) is 0 Å². The summed E-state index contributed by atoms with van der Waals surface area (Å²) in [4.78, 5) is 4.33. The third kappa shape index (κ3) is 3.44. The van der Waals surface area contributed by atoms with Gasteiger partial charge in [-0.25, -0.2) is 0 Å². The number of hydrogen-bond donors (Lipinski definition) is 1. The topological polar surface area (TPSA) is 48.1 Å². The van der Waals surface area contributed by atoms with Gasteiger partial charge in [0.25, 0.3) is 0 Å². The number of nitrogens with two attached hydrogens (primary N) is 1. The molecule has 0 aliphatic rings. The third-order valence-electron chi connectivity index (χ3n) is 3.42. The fraction of sp³-hybridized carbons (Fsp3) is 0.105. The second kappa shape index (κ2) is 6.31. The number of pyridine rings is 1. The van der Waals surface area contributed by atoms with Crippen LogP contribution in [0.5, 0.6) is 5.75 Å². The first-order valence-electron chi connectivity index (χ1n) is 7.21. The lowest BCUT2D eigenvalue weighted by Crippen LogP contribution is -1.97. The van der Waals surface area contributed by atoms with E-state index in [1.807, 2.05) is 73.8 Å². The molecule has 0 unspecified atom stereocenters. The van der Waals surface area contributed by atoms with Crippen molar-refractivity contribution in [3.05, 3.63) is 78.1 Å². The van der Waals surface area contributed by atoms with Crippen LogP contribution in [0.25, 0.3) is 11.1 Å². The maximum Gasteiger partial charge on any atom is 0.122 e. The maximum absolute atomic E-state index is 6.00. The molecule has 1 aromatic heterocycles. The molecule has 0 aliphatic carbocycles. The number of aromatic nitrogens is 1. The van der Waals surface area contributed by atoms with E-state index in [2.05, 4.69) is 4.98 Å². The summed E-state index contributed by atoms with van der Waals surface area (Å²) in [5, 5.41) is 0. The number of hydrogen-bond acceptors (Lipinski definition) is 3. The van der Waals surface area contributed by atoms with Crippen molar-refractivity contribution in [2.75, 3.05) is 5.73 Å². The molecular formula is C19H18N2O. The standard InChI is InChI=1S/C19H18N2O/c1-14-7-8-16(12-21-14)17-9-18(20)11-19(10-17)22-13-15-5-3-2-4-6-15/h2-12H,13,20H2,1H3. The third-order valence-corrected chi connectivity index (χ3v) is 3.42. The molecule has 0 amide bonds. The van der Waals surface area contributed by atoms with Crippen molar-refractivity contribution < 1.29 is 4.74 Å². The molecule has 22 heavy (non-hydrogen) atoms. The second-order valence-electron chi connectivity index (χ2n) is 5.25. The summed E-state index contributed by atoms with van der Waals surface area (Å²) < 4.78 is 5.86. The minimum Gasteiger partial charge on any atom is -0.489 e. The number of nitrogen functional groups attached to an aromatic ring is 1. The largest absolute Gasteiger partial charge is 0.489 e. The van der Waals surface area contributed by atoms with Crippen LogP contribution in [0.4, 0.5) is 5.69 Å². The van der Waals surface area contributed by atoms with E-state index in [-0.39, 0.29) is 0 Å². The molecule has 2 N–H and O–H groups in total. The van der Waals surface area contributed by atoms with E-state index >= 15 is 0 Å². The highest BCUT2D eigenvalue weighted by molar-refractivity contribution is 5.69. The average Bonchev–Trinajstić information content (AvgIpc) is 2.54. The van der Waals surface area contributed by atoms with Crippen molar-refractivity contribution in [2.45, 2.75) is 13.5 Å². The van der Waals surface area contributed by atoms with Crippen LogP contribution in [-0.4, -0.2) is 4.98 Å².